The Morgan fingerprint density at radius 3 is 2.46 bits per heavy atom. The molecule has 0 spiro atoms. The smallest absolute Gasteiger partial charge is 0.286 e. The molecule has 26 heavy (non-hydrogen) atoms. The van der Waals surface area contributed by atoms with E-state index in [-0.39, 0.29) is 23.1 Å². The molecule has 0 N–H and O–H groups in total. The largest absolute Gasteiger partial charge is 0.493 e. The summed E-state index contributed by atoms with van der Waals surface area (Å²) in [6, 6.07) is 5.83. The predicted molar refractivity (Wildman–Crippen MR) is 87.9 cm³/mol. The number of halogens is 3. The first-order valence-corrected chi connectivity index (χ1v) is 7.55. The summed E-state index contributed by atoms with van der Waals surface area (Å²) in [6.07, 6.45) is 5.11. The minimum absolute atomic E-state index is 0.00283. The van der Waals surface area contributed by atoms with E-state index in [9.17, 15) is 13.2 Å². The summed E-state index contributed by atoms with van der Waals surface area (Å²) in [5.74, 6) is -3.33. The van der Waals surface area contributed by atoms with Crippen molar-refractivity contribution < 1.29 is 22.6 Å². The summed E-state index contributed by atoms with van der Waals surface area (Å²) in [4.78, 5) is 11.6. The van der Waals surface area contributed by atoms with Crippen molar-refractivity contribution in [2.75, 3.05) is 7.11 Å². The molecule has 0 aliphatic heterocycles. The first kappa shape index (κ1) is 17.7. The van der Waals surface area contributed by atoms with Crippen LogP contribution in [0.15, 0.2) is 49.1 Å². The van der Waals surface area contributed by atoms with Crippen LogP contribution in [0.25, 0.3) is 11.1 Å². The second-order valence-electron chi connectivity index (χ2n) is 5.43. The second kappa shape index (κ2) is 6.99. The Morgan fingerprint density at radius 1 is 1.00 bits per heavy atom. The van der Waals surface area contributed by atoms with Gasteiger partial charge in [0.1, 0.15) is 11.4 Å². The normalized spacial score (nSPS) is 11.3. The molecule has 5 nitrogen and oxygen atoms in total. The zero-order chi connectivity index (χ0) is 18.7. The van der Waals surface area contributed by atoms with Gasteiger partial charge in [-0.25, -0.2) is 9.37 Å². The lowest BCUT2D eigenvalue weighted by molar-refractivity contribution is 0.0127. The highest BCUT2D eigenvalue weighted by Crippen LogP contribution is 2.37. The van der Waals surface area contributed by atoms with Gasteiger partial charge in [-0.1, -0.05) is 0 Å². The average molecular weight is 361 g/mol. The number of hydrogen-bond donors (Lipinski definition) is 0. The third-order valence-corrected chi connectivity index (χ3v) is 3.52. The number of aromatic nitrogens is 3. The van der Waals surface area contributed by atoms with Crippen LogP contribution < -0.4 is 9.47 Å². The molecule has 0 aliphatic rings. The van der Waals surface area contributed by atoms with Crippen molar-refractivity contribution in [2.24, 2.45) is 0 Å². The molecule has 0 radical (unpaired) electrons. The zero-order valence-electron chi connectivity index (χ0n) is 13.9. The van der Waals surface area contributed by atoms with Crippen molar-refractivity contribution >= 4 is 0 Å². The van der Waals surface area contributed by atoms with Crippen LogP contribution in [0, 0.1) is 5.82 Å². The summed E-state index contributed by atoms with van der Waals surface area (Å²) in [5.41, 5.74) is 0.406. The Bertz CT molecular complexity index is 912. The minimum Gasteiger partial charge on any atom is -0.493 e. The molecule has 0 unspecified atom stereocenters. The molecule has 8 heteroatoms. The highest BCUT2D eigenvalue weighted by molar-refractivity contribution is 5.74. The summed E-state index contributed by atoms with van der Waals surface area (Å²) >= 11 is 0. The molecule has 0 bridgehead atoms. The molecular formula is C18H14F3N3O2. The van der Waals surface area contributed by atoms with Crippen LogP contribution in [0.1, 0.15) is 12.6 Å². The standard InChI is InChI=1S/C18H14F3N3O2/c1-18(20,21)15-6-5-11(8-24-15)26-17-12(4-3-7-23-17)13-9-22-10-14(19)16(13)25-2/h3-10H,1-2H3. The molecule has 0 aliphatic carbocycles. The Labute approximate surface area is 147 Å². The van der Waals surface area contributed by atoms with Gasteiger partial charge in [-0.05, 0) is 24.3 Å². The number of hydrogen-bond acceptors (Lipinski definition) is 5. The quantitative estimate of drug-likeness (QED) is 0.665. The van der Waals surface area contributed by atoms with Crippen LogP contribution >= 0.6 is 0 Å². The Balaban J connectivity index is 1.97. The molecule has 0 fully saturated rings. The molecule has 3 heterocycles. The number of alkyl halides is 2. The third kappa shape index (κ3) is 3.58. The number of rotatable bonds is 5. The van der Waals surface area contributed by atoms with E-state index in [0.29, 0.717) is 11.1 Å². The highest BCUT2D eigenvalue weighted by Gasteiger charge is 2.26. The average Bonchev–Trinajstić information content (AvgIpc) is 2.62. The summed E-state index contributed by atoms with van der Waals surface area (Å²) < 4.78 is 51.2. The van der Waals surface area contributed by atoms with E-state index in [1.54, 1.807) is 12.1 Å². The topological polar surface area (TPSA) is 57.1 Å². The van der Waals surface area contributed by atoms with Gasteiger partial charge in [-0.15, -0.1) is 0 Å². The van der Waals surface area contributed by atoms with E-state index in [0.717, 1.165) is 13.1 Å². The maximum atomic E-state index is 13.9. The van der Waals surface area contributed by atoms with Gasteiger partial charge in [0.25, 0.3) is 5.92 Å². The first-order valence-electron chi connectivity index (χ1n) is 7.55. The molecule has 3 aromatic rings. The van der Waals surface area contributed by atoms with Crippen molar-refractivity contribution in [1.82, 2.24) is 15.0 Å². The summed E-state index contributed by atoms with van der Waals surface area (Å²) in [5, 5.41) is 0. The van der Waals surface area contributed by atoms with E-state index in [4.69, 9.17) is 9.47 Å². The number of nitrogens with zero attached hydrogens (tertiary/aromatic N) is 3. The van der Waals surface area contributed by atoms with E-state index in [1.807, 2.05) is 0 Å². The lowest BCUT2D eigenvalue weighted by Crippen LogP contribution is -2.09. The van der Waals surface area contributed by atoms with Crippen LogP contribution in [-0.2, 0) is 5.92 Å². The molecule has 3 rings (SSSR count). The first-order chi connectivity index (χ1) is 12.4. The lowest BCUT2D eigenvalue weighted by atomic mass is 10.1. The van der Waals surface area contributed by atoms with Crippen molar-refractivity contribution in [3.63, 3.8) is 0 Å². The molecular weight excluding hydrogens is 347 g/mol. The summed E-state index contributed by atoms with van der Waals surface area (Å²) in [6.45, 7) is 0.760. The molecule has 0 saturated carbocycles. The zero-order valence-corrected chi connectivity index (χ0v) is 13.9. The second-order valence-corrected chi connectivity index (χ2v) is 5.43. The third-order valence-electron chi connectivity index (χ3n) is 3.52. The van der Waals surface area contributed by atoms with E-state index < -0.39 is 11.7 Å². The van der Waals surface area contributed by atoms with Crippen molar-refractivity contribution in [1.29, 1.82) is 0 Å². The van der Waals surface area contributed by atoms with Crippen molar-refractivity contribution in [3.8, 4) is 28.5 Å². The van der Waals surface area contributed by atoms with Gasteiger partial charge in [-0.2, -0.15) is 8.78 Å². The van der Waals surface area contributed by atoms with Crippen LogP contribution in [0.5, 0.6) is 17.4 Å². The molecule has 3 aromatic heterocycles. The molecule has 0 atom stereocenters. The summed E-state index contributed by atoms with van der Waals surface area (Å²) in [7, 11) is 1.34. The van der Waals surface area contributed by atoms with Gasteiger partial charge >= 0.3 is 0 Å². The van der Waals surface area contributed by atoms with Gasteiger partial charge in [0.05, 0.1) is 25.1 Å². The number of methoxy groups -OCH3 is 1. The van der Waals surface area contributed by atoms with Crippen LogP contribution in [0.4, 0.5) is 13.2 Å². The van der Waals surface area contributed by atoms with Gasteiger partial charge in [0.15, 0.2) is 11.6 Å². The predicted octanol–water partition coefficient (Wildman–Crippen LogP) is 4.59. The number of ether oxygens (including phenoxy) is 2. The highest BCUT2D eigenvalue weighted by atomic mass is 19.3. The van der Waals surface area contributed by atoms with Gasteiger partial charge in [-0.3, -0.25) is 9.97 Å². The van der Waals surface area contributed by atoms with Gasteiger partial charge < -0.3 is 9.47 Å². The van der Waals surface area contributed by atoms with E-state index >= 15 is 0 Å². The molecule has 0 saturated heterocycles. The van der Waals surface area contributed by atoms with Crippen molar-refractivity contribution in [2.45, 2.75) is 12.8 Å². The Kier molecular flexibility index (Phi) is 4.75. The lowest BCUT2D eigenvalue weighted by Gasteiger charge is -2.13. The SMILES string of the molecule is COc1c(F)cncc1-c1cccnc1Oc1ccc(C(C)(F)F)nc1. The van der Waals surface area contributed by atoms with Crippen LogP contribution in [0.3, 0.4) is 0 Å². The fourth-order valence-corrected chi connectivity index (χ4v) is 2.31. The maximum Gasteiger partial charge on any atom is 0.286 e. The molecule has 134 valence electrons. The van der Waals surface area contributed by atoms with Gasteiger partial charge in [0.2, 0.25) is 5.88 Å². The van der Waals surface area contributed by atoms with Crippen LogP contribution in [0.2, 0.25) is 0 Å². The fourth-order valence-electron chi connectivity index (χ4n) is 2.31. The number of pyridine rings is 3. The molecule has 0 amide bonds. The Hall–Kier alpha value is -3.16. The van der Waals surface area contributed by atoms with E-state index in [2.05, 4.69) is 15.0 Å². The van der Waals surface area contributed by atoms with Gasteiger partial charge in [0, 0.05) is 24.9 Å². The fraction of sp³-hybridized carbons (Fsp3) is 0.167. The van der Waals surface area contributed by atoms with Crippen LogP contribution in [-0.4, -0.2) is 22.1 Å². The van der Waals surface area contributed by atoms with E-state index in [1.165, 1.54) is 37.8 Å². The Morgan fingerprint density at radius 2 is 1.81 bits per heavy atom. The molecule has 0 aromatic carbocycles. The van der Waals surface area contributed by atoms with Crippen molar-refractivity contribution in [3.05, 3.63) is 60.6 Å². The minimum atomic E-state index is -3.05. The maximum absolute atomic E-state index is 13.9. The monoisotopic (exact) mass is 361 g/mol.